The van der Waals surface area contributed by atoms with Crippen molar-refractivity contribution in [2.45, 2.75) is 5.75 Å². The van der Waals surface area contributed by atoms with E-state index in [0.717, 1.165) is 0 Å². The lowest BCUT2D eigenvalue weighted by Gasteiger charge is -2.08. The Morgan fingerprint density at radius 3 is 2.71 bits per heavy atom. The highest BCUT2D eigenvalue weighted by Gasteiger charge is 2.08. The SMILES string of the molecule is O=C(CSCc1ccccc1F)Nc1cc(Cl)ccc1Cl. The number of hydrogen-bond acceptors (Lipinski definition) is 2. The molecular formula is C15H12Cl2FNOS. The Kier molecular flexibility index (Phi) is 5.91. The fourth-order valence-corrected chi connectivity index (χ4v) is 2.80. The van der Waals surface area contributed by atoms with E-state index in [9.17, 15) is 9.18 Å². The number of benzene rings is 2. The molecular weight excluding hydrogens is 332 g/mol. The molecule has 2 nitrogen and oxygen atoms in total. The van der Waals surface area contributed by atoms with E-state index in [0.29, 0.717) is 27.0 Å². The van der Waals surface area contributed by atoms with Crippen molar-refractivity contribution in [2.24, 2.45) is 0 Å². The summed E-state index contributed by atoms with van der Waals surface area (Å²) in [5, 5.41) is 3.60. The summed E-state index contributed by atoms with van der Waals surface area (Å²) in [4.78, 5) is 11.8. The molecule has 2 aromatic carbocycles. The van der Waals surface area contributed by atoms with Gasteiger partial charge in [0.25, 0.3) is 0 Å². The number of carbonyl (C=O) groups excluding carboxylic acids is 1. The average Bonchev–Trinajstić information content (AvgIpc) is 2.45. The van der Waals surface area contributed by atoms with Crippen LogP contribution in [0.15, 0.2) is 42.5 Å². The van der Waals surface area contributed by atoms with Gasteiger partial charge in [-0.2, -0.15) is 0 Å². The molecule has 0 atom stereocenters. The predicted octanol–water partition coefficient (Wildman–Crippen LogP) is 5.00. The van der Waals surface area contributed by atoms with E-state index in [2.05, 4.69) is 5.32 Å². The lowest BCUT2D eigenvalue weighted by molar-refractivity contribution is -0.113. The number of halogens is 3. The van der Waals surface area contributed by atoms with Crippen molar-refractivity contribution in [2.75, 3.05) is 11.1 Å². The molecule has 0 aliphatic rings. The van der Waals surface area contributed by atoms with Gasteiger partial charge in [-0.1, -0.05) is 41.4 Å². The van der Waals surface area contributed by atoms with Gasteiger partial charge in [0.05, 0.1) is 16.5 Å². The third-order valence-corrected chi connectivity index (χ3v) is 4.20. The highest BCUT2D eigenvalue weighted by molar-refractivity contribution is 7.99. The number of amides is 1. The molecule has 0 aliphatic carbocycles. The zero-order chi connectivity index (χ0) is 15.2. The number of anilines is 1. The highest BCUT2D eigenvalue weighted by atomic mass is 35.5. The molecule has 0 bridgehead atoms. The largest absolute Gasteiger partial charge is 0.324 e. The summed E-state index contributed by atoms with van der Waals surface area (Å²) in [6.45, 7) is 0. The van der Waals surface area contributed by atoms with Crippen molar-refractivity contribution < 1.29 is 9.18 Å². The Morgan fingerprint density at radius 1 is 1.19 bits per heavy atom. The molecule has 0 heterocycles. The Balaban J connectivity index is 1.85. The van der Waals surface area contributed by atoms with Crippen LogP contribution in [0.4, 0.5) is 10.1 Å². The van der Waals surface area contributed by atoms with Gasteiger partial charge in [0.15, 0.2) is 0 Å². The molecule has 0 saturated carbocycles. The molecule has 0 aromatic heterocycles. The molecule has 0 spiro atoms. The van der Waals surface area contributed by atoms with Crippen molar-refractivity contribution in [3.63, 3.8) is 0 Å². The molecule has 2 rings (SSSR count). The standard InChI is InChI=1S/C15H12Cl2FNOS/c16-11-5-6-12(17)14(7-11)19-15(20)9-21-8-10-3-1-2-4-13(10)18/h1-7H,8-9H2,(H,19,20). The average molecular weight is 344 g/mol. The van der Waals surface area contributed by atoms with E-state index in [4.69, 9.17) is 23.2 Å². The third kappa shape index (κ3) is 4.92. The molecule has 0 radical (unpaired) electrons. The van der Waals surface area contributed by atoms with Gasteiger partial charge in [-0.25, -0.2) is 4.39 Å². The zero-order valence-corrected chi connectivity index (χ0v) is 13.2. The van der Waals surface area contributed by atoms with Crippen LogP contribution in [-0.4, -0.2) is 11.7 Å². The second-order valence-electron chi connectivity index (χ2n) is 4.26. The fourth-order valence-electron chi connectivity index (χ4n) is 1.65. The van der Waals surface area contributed by atoms with Crippen LogP contribution in [0.3, 0.4) is 0 Å². The quantitative estimate of drug-likeness (QED) is 0.827. The predicted molar refractivity (Wildman–Crippen MR) is 87.7 cm³/mol. The van der Waals surface area contributed by atoms with Crippen LogP contribution in [0.25, 0.3) is 0 Å². The molecule has 1 N–H and O–H groups in total. The van der Waals surface area contributed by atoms with Gasteiger partial charge < -0.3 is 5.32 Å². The van der Waals surface area contributed by atoms with Crippen LogP contribution in [0.1, 0.15) is 5.56 Å². The lowest BCUT2D eigenvalue weighted by atomic mass is 10.2. The minimum atomic E-state index is -0.261. The normalized spacial score (nSPS) is 10.4. The summed E-state index contributed by atoms with van der Waals surface area (Å²) >= 11 is 13.1. The summed E-state index contributed by atoms with van der Waals surface area (Å²) < 4.78 is 13.4. The molecule has 110 valence electrons. The number of carbonyl (C=O) groups is 1. The van der Waals surface area contributed by atoms with Crippen molar-refractivity contribution in [1.82, 2.24) is 0 Å². The van der Waals surface area contributed by atoms with Gasteiger partial charge in [0.1, 0.15) is 5.82 Å². The molecule has 2 aromatic rings. The number of thioether (sulfide) groups is 1. The van der Waals surface area contributed by atoms with Gasteiger partial charge in [0, 0.05) is 10.8 Å². The Labute approximate surface area is 136 Å². The first-order valence-corrected chi connectivity index (χ1v) is 8.03. The number of hydrogen-bond donors (Lipinski definition) is 1. The van der Waals surface area contributed by atoms with Gasteiger partial charge in [-0.3, -0.25) is 4.79 Å². The molecule has 0 saturated heterocycles. The van der Waals surface area contributed by atoms with Crippen LogP contribution >= 0.6 is 35.0 Å². The Bertz CT molecular complexity index is 651. The molecule has 21 heavy (non-hydrogen) atoms. The first kappa shape index (κ1) is 16.1. The van der Waals surface area contributed by atoms with Crippen LogP contribution in [0.2, 0.25) is 10.0 Å². The van der Waals surface area contributed by atoms with Crippen molar-refractivity contribution >= 4 is 46.6 Å². The third-order valence-electron chi connectivity index (χ3n) is 2.65. The van der Waals surface area contributed by atoms with Crippen LogP contribution in [-0.2, 0) is 10.5 Å². The molecule has 6 heteroatoms. The topological polar surface area (TPSA) is 29.1 Å². The summed E-state index contributed by atoms with van der Waals surface area (Å²) in [7, 11) is 0. The molecule has 0 unspecified atom stereocenters. The summed E-state index contributed by atoms with van der Waals surface area (Å²) in [5.74, 6) is 0.171. The molecule has 0 aliphatic heterocycles. The Morgan fingerprint density at radius 2 is 1.95 bits per heavy atom. The van der Waals surface area contributed by atoms with E-state index in [-0.39, 0.29) is 17.5 Å². The fraction of sp³-hybridized carbons (Fsp3) is 0.133. The van der Waals surface area contributed by atoms with Gasteiger partial charge in [-0.15, -0.1) is 11.8 Å². The highest BCUT2D eigenvalue weighted by Crippen LogP contribution is 2.25. The number of rotatable bonds is 5. The minimum absolute atomic E-state index is 0.206. The van der Waals surface area contributed by atoms with E-state index < -0.39 is 0 Å². The maximum Gasteiger partial charge on any atom is 0.234 e. The maximum atomic E-state index is 13.4. The Hall–Kier alpha value is -1.23. The van der Waals surface area contributed by atoms with Crippen LogP contribution < -0.4 is 5.32 Å². The van der Waals surface area contributed by atoms with E-state index >= 15 is 0 Å². The smallest absolute Gasteiger partial charge is 0.234 e. The van der Waals surface area contributed by atoms with Crippen molar-refractivity contribution in [1.29, 1.82) is 0 Å². The number of nitrogens with one attached hydrogen (secondary N) is 1. The molecule has 1 amide bonds. The van der Waals surface area contributed by atoms with E-state index in [1.54, 1.807) is 36.4 Å². The first-order chi connectivity index (χ1) is 10.1. The monoisotopic (exact) mass is 343 g/mol. The van der Waals surface area contributed by atoms with E-state index in [1.165, 1.54) is 17.8 Å². The maximum absolute atomic E-state index is 13.4. The van der Waals surface area contributed by atoms with E-state index in [1.807, 2.05) is 0 Å². The van der Waals surface area contributed by atoms with Crippen molar-refractivity contribution in [3.05, 3.63) is 63.9 Å². The minimum Gasteiger partial charge on any atom is -0.324 e. The summed E-state index contributed by atoms with van der Waals surface area (Å²) in [6.07, 6.45) is 0. The van der Waals surface area contributed by atoms with Crippen LogP contribution in [0, 0.1) is 5.82 Å². The van der Waals surface area contributed by atoms with Crippen molar-refractivity contribution in [3.8, 4) is 0 Å². The summed E-state index contributed by atoms with van der Waals surface area (Å²) in [6, 6.07) is 11.4. The van der Waals surface area contributed by atoms with Crippen LogP contribution in [0.5, 0.6) is 0 Å². The first-order valence-electron chi connectivity index (χ1n) is 6.12. The summed E-state index contributed by atoms with van der Waals surface area (Å²) in [5.41, 5.74) is 1.05. The second kappa shape index (κ2) is 7.69. The lowest BCUT2D eigenvalue weighted by Crippen LogP contribution is -2.14. The van der Waals surface area contributed by atoms with Gasteiger partial charge >= 0.3 is 0 Å². The zero-order valence-electron chi connectivity index (χ0n) is 10.9. The van der Waals surface area contributed by atoms with Gasteiger partial charge in [-0.05, 0) is 29.8 Å². The second-order valence-corrected chi connectivity index (χ2v) is 6.09. The molecule has 0 fully saturated rings. The van der Waals surface area contributed by atoms with Gasteiger partial charge in [0.2, 0.25) is 5.91 Å².